The molecule has 3 aliphatic rings. The lowest BCUT2D eigenvalue weighted by Gasteiger charge is -2.33. The maximum Gasteiger partial charge on any atom is 0.319 e. The number of alkyl halides is 1. The van der Waals surface area contributed by atoms with Crippen LogP contribution in [0.5, 0.6) is 6.01 Å². The molecular formula is C34H35F3N6O2. The summed E-state index contributed by atoms with van der Waals surface area (Å²) >= 11 is 0. The number of pyridine rings is 1. The van der Waals surface area contributed by atoms with E-state index in [1.54, 1.807) is 31.2 Å². The van der Waals surface area contributed by atoms with Crippen LogP contribution in [0.15, 0.2) is 36.5 Å². The molecule has 0 aliphatic carbocycles. The lowest BCUT2D eigenvalue weighted by molar-refractivity contribution is 0.107. The molecule has 0 amide bonds. The van der Waals surface area contributed by atoms with E-state index in [1.807, 2.05) is 11.9 Å². The third-order valence-electron chi connectivity index (χ3n) is 9.85. The van der Waals surface area contributed by atoms with Gasteiger partial charge in [0.15, 0.2) is 5.82 Å². The Hall–Kier alpha value is -3.98. The highest BCUT2D eigenvalue weighted by Crippen LogP contribution is 2.41. The zero-order valence-corrected chi connectivity index (χ0v) is 25.2. The number of nitrogens with one attached hydrogen (secondary N) is 1. The summed E-state index contributed by atoms with van der Waals surface area (Å²) in [5, 5.41) is 15.2. The van der Waals surface area contributed by atoms with E-state index in [9.17, 15) is 13.9 Å². The van der Waals surface area contributed by atoms with E-state index in [4.69, 9.17) is 16.1 Å². The summed E-state index contributed by atoms with van der Waals surface area (Å²) in [4.78, 5) is 17.9. The predicted octanol–water partition coefficient (Wildman–Crippen LogP) is 4.61. The molecule has 3 fully saturated rings. The van der Waals surface area contributed by atoms with Gasteiger partial charge in [0.2, 0.25) is 0 Å². The van der Waals surface area contributed by atoms with Gasteiger partial charge in [0.25, 0.3) is 0 Å². The largest absolute Gasteiger partial charge is 0.461 e. The predicted molar refractivity (Wildman–Crippen MR) is 167 cm³/mol. The highest BCUT2D eigenvalue weighted by molar-refractivity contribution is 6.02. The number of aliphatic hydroxyl groups is 1. The third-order valence-corrected chi connectivity index (χ3v) is 9.85. The van der Waals surface area contributed by atoms with Crippen molar-refractivity contribution < 1.29 is 23.0 Å². The maximum atomic E-state index is 16.7. The highest BCUT2D eigenvalue weighted by Gasteiger charge is 2.49. The number of rotatable bonds is 7. The van der Waals surface area contributed by atoms with Crippen molar-refractivity contribution in [2.75, 3.05) is 38.2 Å². The van der Waals surface area contributed by atoms with Crippen molar-refractivity contribution in [1.82, 2.24) is 25.2 Å². The van der Waals surface area contributed by atoms with E-state index in [1.165, 1.54) is 12.3 Å². The number of benzene rings is 2. The smallest absolute Gasteiger partial charge is 0.319 e. The summed E-state index contributed by atoms with van der Waals surface area (Å²) in [5.41, 5.74) is -0.133. The van der Waals surface area contributed by atoms with Crippen molar-refractivity contribution in [2.45, 2.75) is 62.5 Å². The first-order chi connectivity index (χ1) is 21.7. The van der Waals surface area contributed by atoms with E-state index in [-0.39, 0.29) is 41.5 Å². The number of aliphatic hydroxyl groups excluding tert-OH is 1. The maximum absolute atomic E-state index is 16.7. The lowest BCUT2D eigenvalue weighted by atomic mass is 9.95. The number of likely N-dealkylation sites (N-methyl/N-ethyl adjacent to an activating group) is 1. The van der Waals surface area contributed by atoms with Crippen LogP contribution in [0.3, 0.4) is 0 Å². The van der Waals surface area contributed by atoms with Gasteiger partial charge >= 0.3 is 6.01 Å². The molecule has 7 rings (SSSR count). The summed E-state index contributed by atoms with van der Waals surface area (Å²) in [6.07, 6.45) is 8.50. The topological polar surface area (TPSA) is 86.6 Å². The Morgan fingerprint density at radius 2 is 2.11 bits per heavy atom. The minimum atomic E-state index is -0.926. The van der Waals surface area contributed by atoms with Gasteiger partial charge in [-0.3, -0.25) is 9.88 Å². The fourth-order valence-electron chi connectivity index (χ4n) is 7.68. The standard InChI is InChI=1S/C34H35F3N6O2/c1-4-22-25(36)10-9-20-7-5-8-23(27(20)22)30-28(37)31-24(16-39-30)32(42(3)26-11-13-38-29(26)19(2)44)41-33(40-31)45-18-34-12-6-14-43(34)17-21(35)15-34/h1,5,7-10,16,19,21,26,29,38,44H,6,11-15,17-18H2,2-3H3/t19-,21+,26+,29+,34-/m0/s1. The van der Waals surface area contributed by atoms with Crippen LogP contribution in [0.4, 0.5) is 19.0 Å². The second kappa shape index (κ2) is 11.4. The first-order valence-corrected chi connectivity index (χ1v) is 15.4. The van der Waals surface area contributed by atoms with Gasteiger partial charge in [-0.2, -0.15) is 9.97 Å². The van der Waals surface area contributed by atoms with Crippen LogP contribution in [0.2, 0.25) is 0 Å². The van der Waals surface area contributed by atoms with E-state index in [2.05, 4.69) is 26.1 Å². The molecule has 0 radical (unpaired) electrons. The van der Waals surface area contributed by atoms with Crippen LogP contribution in [0.25, 0.3) is 32.9 Å². The van der Waals surface area contributed by atoms with Crippen molar-refractivity contribution in [2.24, 2.45) is 0 Å². The van der Waals surface area contributed by atoms with Crippen molar-refractivity contribution in [3.05, 3.63) is 53.7 Å². The van der Waals surface area contributed by atoms with Crippen molar-refractivity contribution in [3.63, 3.8) is 0 Å². The van der Waals surface area contributed by atoms with Crippen LogP contribution in [-0.4, -0.2) is 88.1 Å². The Labute approximate surface area is 259 Å². The van der Waals surface area contributed by atoms with Gasteiger partial charge in [0.05, 0.1) is 28.6 Å². The lowest BCUT2D eigenvalue weighted by Crippen LogP contribution is -2.48. The molecule has 5 atom stereocenters. The van der Waals surface area contributed by atoms with Crippen molar-refractivity contribution in [3.8, 4) is 29.6 Å². The number of ether oxygens (including phenoxy) is 1. The number of halogens is 3. The van der Waals surface area contributed by atoms with E-state index < -0.39 is 29.4 Å². The van der Waals surface area contributed by atoms with Gasteiger partial charge in [-0.15, -0.1) is 6.42 Å². The molecular weight excluding hydrogens is 581 g/mol. The molecule has 45 heavy (non-hydrogen) atoms. The average molecular weight is 617 g/mol. The number of hydrogen-bond acceptors (Lipinski definition) is 8. The molecule has 4 aromatic rings. The molecule has 5 heterocycles. The second-order valence-electron chi connectivity index (χ2n) is 12.5. The monoisotopic (exact) mass is 616 g/mol. The molecule has 2 N–H and O–H groups in total. The van der Waals surface area contributed by atoms with Gasteiger partial charge in [-0.1, -0.05) is 30.2 Å². The Morgan fingerprint density at radius 3 is 2.91 bits per heavy atom. The summed E-state index contributed by atoms with van der Waals surface area (Å²) in [7, 11) is 1.85. The SMILES string of the molecule is C#Cc1c(F)ccc2cccc(-c3ncc4c(N(C)[C@@H]5CCN[C@@H]5[C@H](C)O)nc(OC[C@@]56CCCN5C[C@H](F)C6)nc4c3F)c12. The first kappa shape index (κ1) is 29.7. The van der Waals surface area contributed by atoms with Gasteiger partial charge in [-0.05, 0) is 50.7 Å². The molecule has 3 aliphatic heterocycles. The molecule has 3 saturated heterocycles. The van der Waals surface area contributed by atoms with Crippen LogP contribution in [0.1, 0.15) is 38.2 Å². The summed E-state index contributed by atoms with van der Waals surface area (Å²) < 4.78 is 52.2. The van der Waals surface area contributed by atoms with Crippen LogP contribution >= 0.6 is 0 Å². The molecule has 0 bridgehead atoms. The molecule has 234 valence electrons. The molecule has 11 heteroatoms. The van der Waals surface area contributed by atoms with Crippen LogP contribution in [0, 0.1) is 24.0 Å². The van der Waals surface area contributed by atoms with Gasteiger partial charge in [0, 0.05) is 43.2 Å². The first-order valence-electron chi connectivity index (χ1n) is 15.4. The highest BCUT2D eigenvalue weighted by atomic mass is 19.1. The van der Waals surface area contributed by atoms with Crippen molar-refractivity contribution >= 4 is 27.5 Å². The number of terminal acetylenes is 1. The van der Waals surface area contributed by atoms with E-state index in [0.29, 0.717) is 47.1 Å². The molecule has 8 nitrogen and oxygen atoms in total. The minimum Gasteiger partial charge on any atom is -0.461 e. The second-order valence-corrected chi connectivity index (χ2v) is 12.5. The van der Waals surface area contributed by atoms with E-state index >= 15 is 4.39 Å². The molecule has 0 spiro atoms. The Morgan fingerprint density at radius 1 is 1.27 bits per heavy atom. The normalized spacial score (nSPS) is 25.5. The van der Waals surface area contributed by atoms with Crippen LogP contribution < -0.4 is 15.0 Å². The fourth-order valence-corrected chi connectivity index (χ4v) is 7.68. The molecule has 2 aromatic carbocycles. The average Bonchev–Trinajstić information content (AvgIpc) is 3.74. The minimum absolute atomic E-state index is 0.0161. The Kier molecular flexibility index (Phi) is 7.55. The number of hydrogen-bond donors (Lipinski definition) is 2. The number of anilines is 1. The Bertz CT molecular complexity index is 1830. The van der Waals surface area contributed by atoms with Gasteiger partial charge in [-0.25, -0.2) is 13.2 Å². The number of aromatic nitrogens is 3. The quantitative estimate of drug-likeness (QED) is 0.292. The zero-order valence-electron chi connectivity index (χ0n) is 25.2. The zero-order chi connectivity index (χ0) is 31.5. The van der Waals surface area contributed by atoms with E-state index in [0.717, 1.165) is 25.8 Å². The molecule has 0 unspecified atom stereocenters. The third kappa shape index (κ3) is 4.96. The summed E-state index contributed by atoms with van der Waals surface area (Å²) in [6, 6.07) is 7.66. The number of fused-ring (bicyclic) bond motifs is 3. The van der Waals surface area contributed by atoms with Crippen molar-refractivity contribution in [1.29, 1.82) is 0 Å². The molecule has 2 aromatic heterocycles. The fraction of sp³-hybridized carbons (Fsp3) is 0.441. The summed E-state index contributed by atoms with van der Waals surface area (Å²) in [5.74, 6) is 1.50. The Balaban J connectivity index is 1.37. The van der Waals surface area contributed by atoms with Crippen LogP contribution in [-0.2, 0) is 0 Å². The van der Waals surface area contributed by atoms with Gasteiger partial charge in [0.1, 0.15) is 35.6 Å². The molecule has 0 saturated carbocycles. The van der Waals surface area contributed by atoms with Gasteiger partial charge < -0.3 is 20.1 Å². The number of nitrogens with zero attached hydrogens (tertiary/aromatic N) is 5. The summed E-state index contributed by atoms with van der Waals surface area (Å²) in [6.45, 7) is 3.79.